The van der Waals surface area contributed by atoms with Crippen LogP contribution in [0, 0.1) is 12.7 Å². The molecule has 0 saturated carbocycles. The Kier molecular flexibility index (Phi) is 3.91. The molecule has 3 aromatic rings. The van der Waals surface area contributed by atoms with Crippen molar-refractivity contribution in [3.05, 3.63) is 54.1 Å². The molecule has 2 aromatic carbocycles. The predicted octanol–water partition coefficient (Wildman–Crippen LogP) is 2.77. The SMILES string of the molecule is CCNS(=O)(=O)c1ccc(-n2c(C)nc3ccc(F)cc32)cc1. The molecule has 120 valence electrons. The van der Waals surface area contributed by atoms with Crippen LogP contribution in [0.3, 0.4) is 0 Å². The lowest BCUT2D eigenvalue weighted by atomic mass is 10.2. The number of nitrogens with zero attached hydrogens (tertiary/aromatic N) is 2. The van der Waals surface area contributed by atoms with Crippen molar-refractivity contribution in [1.29, 1.82) is 0 Å². The number of benzene rings is 2. The highest BCUT2D eigenvalue weighted by Crippen LogP contribution is 2.23. The van der Waals surface area contributed by atoms with Gasteiger partial charge in [-0.1, -0.05) is 6.92 Å². The summed E-state index contributed by atoms with van der Waals surface area (Å²) in [6.07, 6.45) is 0. The summed E-state index contributed by atoms with van der Waals surface area (Å²) in [6, 6.07) is 10.8. The molecule has 0 bridgehead atoms. The van der Waals surface area contributed by atoms with Gasteiger partial charge in [-0.15, -0.1) is 0 Å². The van der Waals surface area contributed by atoms with E-state index in [0.29, 0.717) is 23.4 Å². The van der Waals surface area contributed by atoms with Gasteiger partial charge in [0.25, 0.3) is 0 Å². The molecule has 7 heteroatoms. The molecule has 0 saturated heterocycles. The molecular weight excluding hydrogens is 317 g/mol. The van der Waals surface area contributed by atoms with Crippen molar-refractivity contribution < 1.29 is 12.8 Å². The molecule has 0 atom stereocenters. The summed E-state index contributed by atoms with van der Waals surface area (Å²) in [4.78, 5) is 4.59. The third-order valence-electron chi connectivity index (χ3n) is 3.52. The first-order valence-electron chi connectivity index (χ1n) is 7.17. The van der Waals surface area contributed by atoms with E-state index in [4.69, 9.17) is 0 Å². The first kappa shape index (κ1) is 15.6. The standard InChI is InChI=1S/C16H16FN3O2S/c1-3-18-23(21,22)14-7-5-13(6-8-14)20-11(2)19-15-9-4-12(17)10-16(15)20/h4-10,18H,3H2,1-2H3. The number of rotatable bonds is 4. The van der Waals surface area contributed by atoms with Gasteiger partial charge in [0.15, 0.2) is 0 Å². The van der Waals surface area contributed by atoms with Crippen LogP contribution in [0.15, 0.2) is 47.4 Å². The van der Waals surface area contributed by atoms with E-state index >= 15 is 0 Å². The average Bonchev–Trinajstić information content (AvgIpc) is 2.82. The highest BCUT2D eigenvalue weighted by atomic mass is 32.2. The summed E-state index contributed by atoms with van der Waals surface area (Å²) < 4.78 is 41.7. The molecular formula is C16H16FN3O2S. The number of halogens is 1. The van der Waals surface area contributed by atoms with Gasteiger partial charge in [0.05, 0.1) is 15.9 Å². The highest BCUT2D eigenvalue weighted by Gasteiger charge is 2.14. The number of sulfonamides is 1. The number of aryl methyl sites for hydroxylation is 1. The minimum Gasteiger partial charge on any atom is -0.296 e. The van der Waals surface area contributed by atoms with Gasteiger partial charge in [-0.3, -0.25) is 4.57 Å². The van der Waals surface area contributed by atoms with Crippen LogP contribution in [-0.4, -0.2) is 24.5 Å². The van der Waals surface area contributed by atoms with Crippen LogP contribution >= 0.6 is 0 Å². The number of hydrogen-bond donors (Lipinski definition) is 1. The summed E-state index contributed by atoms with van der Waals surface area (Å²) in [5.74, 6) is 0.359. The molecule has 1 N–H and O–H groups in total. The van der Waals surface area contributed by atoms with Gasteiger partial charge in [-0.25, -0.2) is 22.5 Å². The molecule has 3 rings (SSSR count). The Morgan fingerprint density at radius 3 is 2.52 bits per heavy atom. The molecule has 0 spiro atoms. The second kappa shape index (κ2) is 5.75. The molecule has 5 nitrogen and oxygen atoms in total. The summed E-state index contributed by atoms with van der Waals surface area (Å²) in [5.41, 5.74) is 2.06. The number of aromatic nitrogens is 2. The number of nitrogens with one attached hydrogen (secondary N) is 1. The van der Waals surface area contributed by atoms with E-state index in [1.165, 1.54) is 24.3 Å². The number of fused-ring (bicyclic) bond motifs is 1. The maximum atomic E-state index is 13.5. The fraction of sp³-hybridized carbons (Fsp3) is 0.188. The van der Waals surface area contributed by atoms with E-state index in [0.717, 1.165) is 5.69 Å². The van der Waals surface area contributed by atoms with Crippen molar-refractivity contribution >= 4 is 21.1 Å². The van der Waals surface area contributed by atoms with Crippen LogP contribution in [0.4, 0.5) is 4.39 Å². The Bertz CT molecular complexity index is 963. The van der Waals surface area contributed by atoms with Crippen molar-refractivity contribution in [1.82, 2.24) is 14.3 Å². The van der Waals surface area contributed by atoms with E-state index in [9.17, 15) is 12.8 Å². The van der Waals surface area contributed by atoms with E-state index in [1.807, 2.05) is 6.92 Å². The molecule has 0 aliphatic heterocycles. The quantitative estimate of drug-likeness (QED) is 0.798. The monoisotopic (exact) mass is 333 g/mol. The van der Waals surface area contributed by atoms with E-state index < -0.39 is 10.0 Å². The zero-order valence-electron chi connectivity index (χ0n) is 12.7. The third-order valence-corrected chi connectivity index (χ3v) is 5.09. The Labute approximate surface area is 133 Å². The van der Waals surface area contributed by atoms with E-state index in [1.54, 1.807) is 29.7 Å². The Morgan fingerprint density at radius 2 is 1.87 bits per heavy atom. The van der Waals surface area contributed by atoms with Crippen molar-refractivity contribution in [3.63, 3.8) is 0 Å². The summed E-state index contributed by atoms with van der Waals surface area (Å²) in [6.45, 7) is 3.87. The van der Waals surface area contributed by atoms with Gasteiger partial charge in [0.1, 0.15) is 11.6 Å². The lowest BCUT2D eigenvalue weighted by Crippen LogP contribution is -2.23. The van der Waals surface area contributed by atoms with Gasteiger partial charge in [-0.05, 0) is 43.3 Å². The van der Waals surface area contributed by atoms with Crippen molar-refractivity contribution in [2.24, 2.45) is 0 Å². The minimum atomic E-state index is -3.49. The van der Waals surface area contributed by atoms with Crippen LogP contribution < -0.4 is 4.72 Å². The summed E-state index contributed by atoms with van der Waals surface area (Å²) in [5, 5.41) is 0. The molecule has 0 aliphatic rings. The zero-order valence-corrected chi connectivity index (χ0v) is 13.6. The predicted molar refractivity (Wildman–Crippen MR) is 86.6 cm³/mol. The summed E-state index contributed by atoms with van der Waals surface area (Å²) >= 11 is 0. The lowest BCUT2D eigenvalue weighted by Gasteiger charge is -2.09. The van der Waals surface area contributed by atoms with Crippen LogP contribution in [0.1, 0.15) is 12.7 Å². The second-order valence-corrected chi connectivity index (χ2v) is 6.89. The first-order chi connectivity index (χ1) is 10.9. The molecule has 0 fully saturated rings. The zero-order chi connectivity index (χ0) is 16.6. The van der Waals surface area contributed by atoms with E-state index in [2.05, 4.69) is 9.71 Å². The lowest BCUT2D eigenvalue weighted by molar-refractivity contribution is 0.584. The maximum absolute atomic E-state index is 13.5. The second-order valence-electron chi connectivity index (χ2n) is 5.12. The topological polar surface area (TPSA) is 64.0 Å². The van der Waals surface area contributed by atoms with Gasteiger partial charge < -0.3 is 0 Å². The Morgan fingerprint density at radius 1 is 1.17 bits per heavy atom. The smallest absolute Gasteiger partial charge is 0.240 e. The summed E-state index contributed by atoms with van der Waals surface area (Å²) in [7, 11) is -3.49. The van der Waals surface area contributed by atoms with Gasteiger partial charge >= 0.3 is 0 Å². The van der Waals surface area contributed by atoms with Crippen LogP contribution in [0.2, 0.25) is 0 Å². The van der Waals surface area contributed by atoms with Gasteiger partial charge in [0, 0.05) is 18.3 Å². The van der Waals surface area contributed by atoms with Gasteiger partial charge in [0.2, 0.25) is 10.0 Å². The molecule has 1 heterocycles. The third kappa shape index (κ3) is 2.85. The molecule has 0 aliphatic carbocycles. The largest absolute Gasteiger partial charge is 0.296 e. The molecule has 0 radical (unpaired) electrons. The van der Waals surface area contributed by atoms with Crippen LogP contribution in [0.25, 0.3) is 16.7 Å². The Balaban J connectivity index is 2.10. The molecule has 1 aromatic heterocycles. The fourth-order valence-corrected chi connectivity index (χ4v) is 3.58. The number of imidazole rings is 1. The normalized spacial score (nSPS) is 12.0. The minimum absolute atomic E-state index is 0.191. The molecule has 23 heavy (non-hydrogen) atoms. The van der Waals surface area contributed by atoms with Crippen molar-refractivity contribution in [3.8, 4) is 5.69 Å². The highest BCUT2D eigenvalue weighted by molar-refractivity contribution is 7.89. The number of hydrogen-bond acceptors (Lipinski definition) is 3. The van der Waals surface area contributed by atoms with Crippen LogP contribution in [-0.2, 0) is 10.0 Å². The average molecular weight is 333 g/mol. The van der Waals surface area contributed by atoms with Crippen molar-refractivity contribution in [2.75, 3.05) is 6.54 Å². The van der Waals surface area contributed by atoms with Gasteiger partial charge in [-0.2, -0.15) is 0 Å². The Hall–Kier alpha value is -2.25. The van der Waals surface area contributed by atoms with Crippen LogP contribution in [0.5, 0.6) is 0 Å². The maximum Gasteiger partial charge on any atom is 0.240 e. The van der Waals surface area contributed by atoms with E-state index in [-0.39, 0.29) is 10.7 Å². The first-order valence-corrected chi connectivity index (χ1v) is 8.65. The molecule has 0 unspecified atom stereocenters. The fourth-order valence-electron chi connectivity index (χ4n) is 2.54. The van der Waals surface area contributed by atoms with Crippen molar-refractivity contribution in [2.45, 2.75) is 18.7 Å². The molecule has 0 amide bonds.